The minimum absolute atomic E-state index is 0.167. The van der Waals surface area contributed by atoms with Gasteiger partial charge in [-0.05, 0) is 37.1 Å². The fourth-order valence-corrected chi connectivity index (χ4v) is 2.48. The van der Waals surface area contributed by atoms with Gasteiger partial charge in [0.15, 0.2) is 0 Å². The molecule has 1 aromatic heterocycles. The van der Waals surface area contributed by atoms with Crippen LogP contribution >= 0.6 is 11.3 Å². The fraction of sp³-hybridized carbons (Fsp3) is 0.357. The third-order valence-electron chi connectivity index (χ3n) is 2.69. The number of benzene rings is 1. The van der Waals surface area contributed by atoms with Crippen molar-refractivity contribution in [1.29, 1.82) is 0 Å². The number of hydrogen-bond donors (Lipinski definition) is 1. The Kier molecular flexibility index (Phi) is 4.84. The predicted octanol–water partition coefficient (Wildman–Crippen LogP) is 3.18. The summed E-state index contributed by atoms with van der Waals surface area (Å²) in [5, 5.41) is 6.60. The van der Waals surface area contributed by atoms with Gasteiger partial charge in [0.2, 0.25) is 0 Å². The van der Waals surface area contributed by atoms with Crippen LogP contribution in [0.5, 0.6) is 0 Å². The SMILES string of the molecule is CCc1nc(CNCCc2cccc(F)c2)cs1. The molecule has 1 N–H and O–H groups in total. The van der Waals surface area contributed by atoms with Gasteiger partial charge in [-0.2, -0.15) is 0 Å². The molecule has 0 aliphatic heterocycles. The highest BCUT2D eigenvalue weighted by Crippen LogP contribution is 2.09. The molecule has 2 rings (SSSR count). The first kappa shape index (κ1) is 13.2. The number of rotatable bonds is 6. The summed E-state index contributed by atoms with van der Waals surface area (Å²) in [4.78, 5) is 4.48. The van der Waals surface area contributed by atoms with Crippen LogP contribution in [0.4, 0.5) is 4.39 Å². The smallest absolute Gasteiger partial charge is 0.123 e. The van der Waals surface area contributed by atoms with E-state index in [0.717, 1.165) is 37.2 Å². The molecule has 0 aliphatic rings. The molecule has 0 radical (unpaired) electrons. The van der Waals surface area contributed by atoms with E-state index in [1.165, 1.54) is 11.1 Å². The number of aryl methyl sites for hydroxylation is 1. The zero-order chi connectivity index (χ0) is 12.8. The van der Waals surface area contributed by atoms with Gasteiger partial charge in [-0.25, -0.2) is 9.37 Å². The quantitative estimate of drug-likeness (QED) is 0.811. The molecule has 0 unspecified atom stereocenters. The second-order valence-corrected chi connectivity index (χ2v) is 5.09. The third kappa shape index (κ3) is 3.89. The van der Waals surface area contributed by atoms with Gasteiger partial charge in [-0.1, -0.05) is 19.1 Å². The van der Waals surface area contributed by atoms with E-state index in [9.17, 15) is 4.39 Å². The number of nitrogens with one attached hydrogen (secondary N) is 1. The lowest BCUT2D eigenvalue weighted by Gasteiger charge is -2.03. The second kappa shape index (κ2) is 6.61. The van der Waals surface area contributed by atoms with Crippen LogP contribution in [0, 0.1) is 5.82 Å². The van der Waals surface area contributed by atoms with Crippen molar-refractivity contribution >= 4 is 11.3 Å². The number of halogens is 1. The summed E-state index contributed by atoms with van der Waals surface area (Å²) in [6.07, 6.45) is 1.83. The zero-order valence-electron chi connectivity index (χ0n) is 10.4. The zero-order valence-corrected chi connectivity index (χ0v) is 11.3. The van der Waals surface area contributed by atoms with Crippen LogP contribution < -0.4 is 5.32 Å². The van der Waals surface area contributed by atoms with Crippen molar-refractivity contribution in [1.82, 2.24) is 10.3 Å². The standard InChI is InChI=1S/C14H17FN2S/c1-2-14-17-13(10-18-14)9-16-7-6-11-4-3-5-12(15)8-11/h3-5,8,10,16H,2,6-7,9H2,1H3. The summed E-state index contributed by atoms with van der Waals surface area (Å²) in [7, 11) is 0. The predicted molar refractivity (Wildman–Crippen MR) is 73.3 cm³/mol. The first-order chi connectivity index (χ1) is 8.78. The summed E-state index contributed by atoms with van der Waals surface area (Å²) in [5.74, 6) is -0.167. The van der Waals surface area contributed by atoms with Crippen molar-refractivity contribution in [2.45, 2.75) is 26.3 Å². The second-order valence-electron chi connectivity index (χ2n) is 4.14. The van der Waals surface area contributed by atoms with Crippen molar-refractivity contribution in [3.8, 4) is 0 Å². The van der Waals surface area contributed by atoms with Crippen LogP contribution in [-0.4, -0.2) is 11.5 Å². The van der Waals surface area contributed by atoms with Crippen molar-refractivity contribution in [3.63, 3.8) is 0 Å². The summed E-state index contributed by atoms with van der Waals surface area (Å²) in [6, 6.07) is 6.75. The lowest BCUT2D eigenvalue weighted by atomic mass is 10.1. The molecular formula is C14H17FN2S. The monoisotopic (exact) mass is 264 g/mol. The van der Waals surface area contributed by atoms with Gasteiger partial charge in [0.1, 0.15) is 5.82 Å². The van der Waals surface area contributed by atoms with Crippen molar-refractivity contribution < 1.29 is 4.39 Å². The highest BCUT2D eigenvalue weighted by Gasteiger charge is 2.00. The van der Waals surface area contributed by atoms with Crippen LogP contribution in [0.2, 0.25) is 0 Å². The van der Waals surface area contributed by atoms with Gasteiger partial charge in [0.05, 0.1) is 10.7 Å². The Labute approximate surface area is 111 Å². The largest absolute Gasteiger partial charge is 0.311 e. The topological polar surface area (TPSA) is 24.9 Å². The van der Waals surface area contributed by atoms with E-state index in [-0.39, 0.29) is 5.82 Å². The summed E-state index contributed by atoms with van der Waals surface area (Å²) in [5.41, 5.74) is 2.12. The molecule has 0 bridgehead atoms. The highest BCUT2D eigenvalue weighted by molar-refractivity contribution is 7.09. The Hall–Kier alpha value is -1.26. The summed E-state index contributed by atoms with van der Waals surface area (Å²) < 4.78 is 13.0. The molecule has 0 atom stereocenters. The first-order valence-corrected chi connectivity index (χ1v) is 7.04. The van der Waals surface area contributed by atoms with E-state index in [4.69, 9.17) is 0 Å². The Morgan fingerprint density at radius 2 is 2.28 bits per heavy atom. The molecule has 18 heavy (non-hydrogen) atoms. The van der Waals surface area contributed by atoms with Gasteiger partial charge in [-0.15, -0.1) is 11.3 Å². The van der Waals surface area contributed by atoms with Crippen molar-refractivity contribution in [3.05, 3.63) is 51.7 Å². The minimum Gasteiger partial charge on any atom is -0.311 e. The molecule has 0 fully saturated rings. The fourth-order valence-electron chi connectivity index (χ4n) is 1.73. The Balaban J connectivity index is 1.72. The molecular weight excluding hydrogens is 247 g/mol. The van der Waals surface area contributed by atoms with E-state index >= 15 is 0 Å². The molecule has 0 saturated heterocycles. The van der Waals surface area contributed by atoms with Crippen molar-refractivity contribution in [2.75, 3.05) is 6.54 Å². The van der Waals surface area contributed by atoms with Gasteiger partial charge in [-0.3, -0.25) is 0 Å². The average molecular weight is 264 g/mol. The molecule has 1 heterocycles. The van der Waals surface area contributed by atoms with E-state index in [2.05, 4.69) is 22.6 Å². The highest BCUT2D eigenvalue weighted by atomic mass is 32.1. The average Bonchev–Trinajstić information content (AvgIpc) is 2.83. The Morgan fingerprint density at radius 1 is 1.39 bits per heavy atom. The number of thiazole rings is 1. The number of hydrogen-bond acceptors (Lipinski definition) is 3. The molecule has 0 aliphatic carbocycles. The molecule has 2 aromatic rings. The normalized spacial score (nSPS) is 10.8. The molecule has 0 amide bonds. The summed E-state index contributed by atoms with van der Waals surface area (Å²) in [6.45, 7) is 3.73. The van der Waals surface area contributed by atoms with Crippen LogP contribution in [0.25, 0.3) is 0 Å². The minimum atomic E-state index is -0.167. The molecule has 0 saturated carbocycles. The lowest BCUT2D eigenvalue weighted by molar-refractivity contribution is 0.622. The first-order valence-electron chi connectivity index (χ1n) is 6.16. The van der Waals surface area contributed by atoms with Crippen molar-refractivity contribution in [2.24, 2.45) is 0 Å². The van der Waals surface area contributed by atoms with Gasteiger partial charge in [0.25, 0.3) is 0 Å². The Bertz CT molecular complexity index is 496. The third-order valence-corrected chi connectivity index (χ3v) is 3.73. The Morgan fingerprint density at radius 3 is 3.00 bits per heavy atom. The molecule has 1 aromatic carbocycles. The summed E-state index contributed by atoms with van der Waals surface area (Å²) >= 11 is 1.71. The maximum Gasteiger partial charge on any atom is 0.123 e. The van der Waals surface area contributed by atoms with Gasteiger partial charge in [0, 0.05) is 11.9 Å². The van der Waals surface area contributed by atoms with Gasteiger partial charge < -0.3 is 5.32 Å². The number of aromatic nitrogens is 1. The van der Waals surface area contributed by atoms with Crippen LogP contribution in [-0.2, 0) is 19.4 Å². The maximum absolute atomic E-state index is 13.0. The number of nitrogens with zero attached hydrogens (tertiary/aromatic N) is 1. The molecule has 2 nitrogen and oxygen atoms in total. The molecule has 4 heteroatoms. The van der Waals surface area contributed by atoms with E-state index in [0.29, 0.717) is 0 Å². The van der Waals surface area contributed by atoms with E-state index in [1.807, 2.05) is 6.07 Å². The van der Waals surface area contributed by atoms with Gasteiger partial charge >= 0.3 is 0 Å². The lowest BCUT2D eigenvalue weighted by Crippen LogP contribution is -2.16. The van der Waals surface area contributed by atoms with Crippen LogP contribution in [0.1, 0.15) is 23.2 Å². The molecule has 96 valence electrons. The van der Waals surface area contributed by atoms with E-state index < -0.39 is 0 Å². The van der Waals surface area contributed by atoms with E-state index in [1.54, 1.807) is 23.5 Å². The molecule has 0 spiro atoms. The van der Waals surface area contributed by atoms with Crippen LogP contribution in [0.15, 0.2) is 29.6 Å². The maximum atomic E-state index is 13.0. The van der Waals surface area contributed by atoms with Crippen LogP contribution in [0.3, 0.4) is 0 Å².